The number of hydrogen-bond donors (Lipinski definition) is 1. The predicted molar refractivity (Wildman–Crippen MR) is 52.6 cm³/mol. The van der Waals surface area contributed by atoms with Crippen LogP contribution in [0.2, 0.25) is 0 Å². The van der Waals surface area contributed by atoms with Crippen molar-refractivity contribution in [3.63, 3.8) is 0 Å². The third-order valence-electron chi connectivity index (χ3n) is 1.19. The van der Waals surface area contributed by atoms with E-state index in [9.17, 15) is 9.59 Å². The van der Waals surface area contributed by atoms with Gasteiger partial charge < -0.3 is 9.84 Å². The molecule has 0 heterocycles. The fourth-order valence-corrected chi connectivity index (χ4v) is 1.31. The molecule has 0 radical (unpaired) electrons. The molecule has 1 N–H and O–H groups in total. The summed E-state index contributed by atoms with van der Waals surface area (Å²) in [5, 5.41) is 8.53. The lowest BCUT2D eigenvalue weighted by Gasteiger charge is -2.18. The number of hydrogen-bond acceptors (Lipinski definition) is 5. The minimum Gasteiger partial charge on any atom is -0.465 e. The smallest absolute Gasteiger partial charge is 0.418 e. The van der Waals surface area contributed by atoms with Crippen molar-refractivity contribution in [2.45, 2.75) is 6.92 Å². The molecule has 0 aliphatic rings. The van der Waals surface area contributed by atoms with Gasteiger partial charge in [-0.1, -0.05) is 0 Å². The van der Waals surface area contributed by atoms with E-state index in [1.54, 1.807) is 14.0 Å². The highest BCUT2D eigenvalue weighted by Gasteiger charge is 2.13. The highest BCUT2D eigenvalue weighted by atomic mass is 32.2. The zero-order valence-corrected chi connectivity index (χ0v) is 9.21. The van der Waals surface area contributed by atoms with Crippen LogP contribution in [0.5, 0.6) is 0 Å². The van der Waals surface area contributed by atoms with Crippen molar-refractivity contribution in [3.8, 4) is 0 Å². The first-order chi connectivity index (χ1) is 6.47. The Balaban J connectivity index is 3.80. The summed E-state index contributed by atoms with van der Waals surface area (Å²) in [6.45, 7) is 2.09. The summed E-state index contributed by atoms with van der Waals surface area (Å²) in [7, 11) is 3.01. The van der Waals surface area contributed by atoms with Crippen molar-refractivity contribution < 1.29 is 19.4 Å². The molecule has 1 amide bonds. The fourth-order valence-electron chi connectivity index (χ4n) is 0.661. The average molecular weight is 222 g/mol. The van der Waals surface area contributed by atoms with Crippen molar-refractivity contribution in [1.29, 1.82) is 0 Å². The van der Waals surface area contributed by atoms with Gasteiger partial charge in [-0.25, -0.2) is 13.4 Å². The molecular weight excluding hydrogens is 208 g/mol. The molecule has 0 atom stereocenters. The van der Waals surface area contributed by atoms with Gasteiger partial charge in [0.1, 0.15) is 6.54 Å². The molecule has 14 heavy (non-hydrogen) atoms. The monoisotopic (exact) mass is 222 g/mol. The third kappa shape index (κ3) is 5.65. The van der Waals surface area contributed by atoms with Crippen molar-refractivity contribution >= 4 is 24.2 Å². The second kappa shape index (κ2) is 6.50. The van der Waals surface area contributed by atoms with Crippen molar-refractivity contribution in [1.82, 2.24) is 8.61 Å². The van der Waals surface area contributed by atoms with E-state index in [0.29, 0.717) is 6.61 Å². The number of carbonyl (C=O) groups is 2. The summed E-state index contributed by atoms with van der Waals surface area (Å²) in [5.41, 5.74) is 0. The molecule has 0 spiro atoms. The Morgan fingerprint density at radius 3 is 2.43 bits per heavy atom. The Labute approximate surface area is 87.1 Å². The quantitative estimate of drug-likeness (QED) is 0.544. The number of carboxylic acid groups (broad SMARTS) is 1. The molecule has 0 saturated carbocycles. The van der Waals surface area contributed by atoms with Crippen LogP contribution in [0, 0.1) is 0 Å². The van der Waals surface area contributed by atoms with Crippen LogP contribution in [-0.4, -0.2) is 53.0 Å². The maximum absolute atomic E-state index is 11.0. The summed E-state index contributed by atoms with van der Waals surface area (Å²) >= 11 is 0.928. The van der Waals surface area contributed by atoms with Gasteiger partial charge in [-0.2, -0.15) is 0 Å². The van der Waals surface area contributed by atoms with Gasteiger partial charge in [-0.3, -0.25) is 4.79 Å². The molecule has 0 bridgehead atoms. The van der Waals surface area contributed by atoms with E-state index < -0.39 is 6.09 Å². The van der Waals surface area contributed by atoms with Crippen molar-refractivity contribution in [3.05, 3.63) is 0 Å². The van der Waals surface area contributed by atoms with Crippen LogP contribution in [0.15, 0.2) is 0 Å². The first kappa shape index (κ1) is 13.1. The average Bonchev–Trinajstić information content (AvgIpc) is 2.03. The molecule has 7 heteroatoms. The second-order valence-electron chi connectivity index (χ2n) is 2.45. The first-order valence-electron chi connectivity index (χ1n) is 3.98. The Morgan fingerprint density at radius 1 is 1.43 bits per heavy atom. The van der Waals surface area contributed by atoms with Crippen LogP contribution in [0.25, 0.3) is 0 Å². The summed E-state index contributed by atoms with van der Waals surface area (Å²) in [5.74, 6) is -0.374. The zero-order valence-electron chi connectivity index (χ0n) is 8.39. The third-order valence-corrected chi connectivity index (χ3v) is 2.00. The molecule has 82 valence electrons. The summed E-state index contributed by atoms with van der Waals surface area (Å²) in [6, 6.07) is 0. The number of amides is 1. The largest absolute Gasteiger partial charge is 0.465 e. The van der Waals surface area contributed by atoms with E-state index >= 15 is 0 Å². The molecule has 6 nitrogen and oxygen atoms in total. The summed E-state index contributed by atoms with van der Waals surface area (Å²) < 4.78 is 7.17. The van der Waals surface area contributed by atoms with Gasteiger partial charge in [0.05, 0.1) is 6.61 Å². The topological polar surface area (TPSA) is 70.1 Å². The van der Waals surface area contributed by atoms with Gasteiger partial charge >= 0.3 is 12.1 Å². The molecule has 0 aromatic heterocycles. The second-order valence-corrected chi connectivity index (χ2v) is 3.79. The Morgan fingerprint density at radius 2 is 2.00 bits per heavy atom. The SMILES string of the molecule is CCOC(=O)CN(C)SN(C)C(=O)O. The van der Waals surface area contributed by atoms with E-state index in [-0.39, 0.29) is 12.5 Å². The number of nitrogens with zero attached hydrogens (tertiary/aromatic N) is 2. The molecule has 0 aliphatic heterocycles. The number of rotatable bonds is 5. The van der Waals surface area contributed by atoms with E-state index in [2.05, 4.69) is 0 Å². The highest BCUT2D eigenvalue weighted by Crippen LogP contribution is 2.11. The lowest BCUT2D eigenvalue weighted by molar-refractivity contribution is -0.142. The van der Waals surface area contributed by atoms with Gasteiger partial charge in [0.15, 0.2) is 0 Å². The van der Waals surface area contributed by atoms with E-state index in [4.69, 9.17) is 9.84 Å². The summed E-state index contributed by atoms with van der Waals surface area (Å²) in [4.78, 5) is 21.4. The van der Waals surface area contributed by atoms with Crippen LogP contribution in [0.4, 0.5) is 4.79 Å². The Bertz CT molecular complexity index is 212. The number of carbonyl (C=O) groups excluding carboxylic acids is 1. The van der Waals surface area contributed by atoms with Gasteiger partial charge in [0.25, 0.3) is 0 Å². The number of esters is 1. The predicted octanol–water partition coefficient (Wildman–Crippen LogP) is 0.654. The van der Waals surface area contributed by atoms with Crippen molar-refractivity contribution in [2.24, 2.45) is 0 Å². The standard InChI is InChI=1S/C7H14N2O4S/c1-4-13-6(10)5-8(2)14-9(3)7(11)12/h4-5H2,1-3H3,(H,11,12). The minimum atomic E-state index is -1.06. The molecule has 0 saturated heterocycles. The van der Waals surface area contributed by atoms with Crippen LogP contribution in [0.3, 0.4) is 0 Å². The van der Waals surface area contributed by atoms with Crippen LogP contribution in [-0.2, 0) is 9.53 Å². The first-order valence-corrected chi connectivity index (χ1v) is 4.72. The molecule has 0 unspecified atom stereocenters. The van der Waals surface area contributed by atoms with Crippen LogP contribution >= 0.6 is 12.1 Å². The van der Waals surface area contributed by atoms with Gasteiger partial charge in [0.2, 0.25) is 0 Å². The van der Waals surface area contributed by atoms with Gasteiger partial charge in [-0.05, 0) is 14.0 Å². The fraction of sp³-hybridized carbons (Fsp3) is 0.714. The molecule has 0 aliphatic carbocycles. The highest BCUT2D eigenvalue weighted by molar-refractivity contribution is 7.95. The van der Waals surface area contributed by atoms with Crippen LogP contribution in [0.1, 0.15) is 6.92 Å². The van der Waals surface area contributed by atoms with Gasteiger partial charge in [-0.15, -0.1) is 0 Å². The maximum Gasteiger partial charge on any atom is 0.418 e. The lowest BCUT2D eigenvalue weighted by Crippen LogP contribution is -2.28. The Hall–Kier alpha value is -0.950. The van der Waals surface area contributed by atoms with Gasteiger partial charge in [0, 0.05) is 19.2 Å². The zero-order chi connectivity index (χ0) is 11.1. The molecular formula is C7H14N2O4S. The van der Waals surface area contributed by atoms with Crippen LogP contribution < -0.4 is 0 Å². The molecule has 0 fully saturated rings. The molecule has 0 aromatic rings. The van der Waals surface area contributed by atoms with Crippen molar-refractivity contribution in [2.75, 3.05) is 27.2 Å². The minimum absolute atomic E-state index is 0.0517. The normalized spacial score (nSPS) is 10.0. The van der Waals surface area contributed by atoms with E-state index in [1.807, 2.05) is 0 Å². The molecule has 0 rings (SSSR count). The van der Waals surface area contributed by atoms with E-state index in [0.717, 1.165) is 16.4 Å². The molecule has 0 aromatic carbocycles. The lowest BCUT2D eigenvalue weighted by atomic mass is 10.6. The number of likely N-dealkylation sites (N-methyl/N-ethyl adjacent to an activating group) is 1. The Kier molecular flexibility index (Phi) is 6.06. The van der Waals surface area contributed by atoms with E-state index in [1.165, 1.54) is 11.4 Å². The maximum atomic E-state index is 11.0. The summed E-state index contributed by atoms with van der Waals surface area (Å²) in [6.07, 6.45) is -1.06. The number of ether oxygens (including phenoxy) is 1.